The molecule has 0 N–H and O–H groups in total. The highest BCUT2D eigenvalue weighted by Crippen LogP contribution is 2.47. The van der Waals surface area contributed by atoms with Gasteiger partial charge in [-0.2, -0.15) is 0 Å². The monoisotopic (exact) mass is 229 g/mol. The second-order valence-corrected chi connectivity index (χ2v) is 4.72. The second kappa shape index (κ2) is 5.39. The molecule has 2 rings (SSSR count). The van der Waals surface area contributed by atoms with Gasteiger partial charge in [0.2, 0.25) is 0 Å². The summed E-state index contributed by atoms with van der Waals surface area (Å²) in [5.74, 6) is 1.90. The molecule has 1 aliphatic carbocycles. The summed E-state index contributed by atoms with van der Waals surface area (Å²) in [7, 11) is 0. The van der Waals surface area contributed by atoms with Crippen molar-refractivity contribution >= 4 is 0 Å². The molecule has 1 nitrogen and oxygen atoms in total. The van der Waals surface area contributed by atoms with E-state index in [1.807, 2.05) is 6.08 Å². The molecule has 0 aromatic heterocycles. The van der Waals surface area contributed by atoms with Crippen molar-refractivity contribution in [2.45, 2.75) is 38.0 Å². The summed E-state index contributed by atoms with van der Waals surface area (Å²) in [5, 5.41) is 0. The van der Waals surface area contributed by atoms with Gasteiger partial charge in [0.05, 0.1) is 6.61 Å². The summed E-state index contributed by atoms with van der Waals surface area (Å²) in [5.41, 5.74) is 2.66. The maximum absolute atomic E-state index is 5.86. The molecule has 1 aromatic carbocycles. The quantitative estimate of drug-likeness (QED) is 0.654. The summed E-state index contributed by atoms with van der Waals surface area (Å²) >= 11 is 0. The van der Waals surface area contributed by atoms with Crippen LogP contribution >= 0.6 is 0 Å². The number of rotatable bonds is 6. The fourth-order valence-electron chi connectivity index (χ4n) is 2.16. The number of hydrogen-bond acceptors (Lipinski definition) is 1. The van der Waals surface area contributed by atoms with E-state index in [2.05, 4.69) is 38.6 Å². The Morgan fingerprint density at radius 1 is 1.47 bits per heavy atom. The van der Waals surface area contributed by atoms with Crippen molar-refractivity contribution in [3.8, 4) is 5.75 Å². The molecule has 0 bridgehead atoms. The van der Waals surface area contributed by atoms with Gasteiger partial charge in [0.25, 0.3) is 0 Å². The van der Waals surface area contributed by atoms with Crippen LogP contribution in [0.3, 0.4) is 0 Å². The van der Waals surface area contributed by atoms with Crippen LogP contribution in [0, 0.1) is 6.92 Å². The van der Waals surface area contributed by atoms with Gasteiger partial charge in [-0.15, -0.1) is 6.58 Å². The maximum Gasteiger partial charge on any atom is 0.123 e. The SMILES string of the molecule is [CH2]C(C=C)c1cccc(OCCC)c1C1CC1. The van der Waals surface area contributed by atoms with Gasteiger partial charge in [-0.05, 0) is 43.7 Å². The lowest BCUT2D eigenvalue weighted by Crippen LogP contribution is -2.03. The van der Waals surface area contributed by atoms with Crippen LogP contribution in [-0.2, 0) is 0 Å². The third-order valence-corrected chi connectivity index (χ3v) is 3.23. The largest absolute Gasteiger partial charge is 0.493 e. The van der Waals surface area contributed by atoms with Crippen molar-refractivity contribution in [1.82, 2.24) is 0 Å². The zero-order valence-corrected chi connectivity index (χ0v) is 10.6. The molecule has 1 aromatic rings. The Bertz CT molecular complexity index is 391. The topological polar surface area (TPSA) is 9.23 Å². The highest BCUT2D eigenvalue weighted by atomic mass is 16.5. The van der Waals surface area contributed by atoms with Crippen LogP contribution in [0.1, 0.15) is 49.1 Å². The molecule has 1 atom stereocenters. The van der Waals surface area contributed by atoms with E-state index < -0.39 is 0 Å². The molecular formula is C16H21O. The van der Waals surface area contributed by atoms with Crippen LogP contribution in [0.25, 0.3) is 0 Å². The van der Waals surface area contributed by atoms with Gasteiger partial charge in [-0.25, -0.2) is 0 Å². The van der Waals surface area contributed by atoms with Crippen LogP contribution in [0.2, 0.25) is 0 Å². The summed E-state index contributed by atoms with van der Waals surface area (Å²) in [6.07, 6.45) is 5.52. The van der Waals surface area contributed by atoms with Gasteiger partial charge in [0, 0.05) is 11.5 Å². The highest BCUT2D eigenvalue weighted by Gasteiger charge is 2.30. The van der Waals surface area contributed by atoms with Gasteiger partial charge in [0.1, 0.15) is 5.75 Å². The lowest BCUT2D eigenvalue weighted by atomic mass is 9.92. The number of ether oxygens (including phenoxy) is 1. The van der Waals surface area contributed by atoms with Gasteiger partial charge >= 0.3 is 0 Å². The molecule has 1 heteroatoms. The summed E-state index contributed by atoms with van der Waals surface area (Å²) in [4.78, 5) is 0. The molecular weight excluding hydrogens is 208 g/mol. The molecule has 0 amide bonds. The first-order chi connectivity index (χ1) is 8.27. The smallest absolute Gasteiger partial charge is 0.123 e. The van der Waals surface area contributed by atoms with Gasteiger partial charge < -0.3 is 4.74 Å². The van der Waals surface area contributed by atoms with Crippen LogP contribution in [0.4, 0.5) is 0 Å². The summed E-state index contributed by atoms with van der Waals surface area (Å²) in [6.45, 7) is 10.9. The van der Waals surface area contributed by atoms with Crippen molar-refractivity contribution in [2.75, 3.05) is 6.61 Å². The summed E-state index contributed by atoms with van der Waals surface area (Å²) < 4.78 is 5.86. The molecule has 1 unspecified atom stereocenters. The lowest BCUT2D eigenvalue weighted by Gasteiger charge is -2.17. The zero-order valence-electron chi connectivity index (χ0n) is 10.6. The first-order valence-electron chi connectivity index (χ1n) is 6.49. The van der Waals surface area contributed by atoms with Crippen LogP contribution in [0.15, 0.2) is 30.9 Å². The zero-order chi connectivity index (χ0) is 12.3. The van der Waals surface area contributed by atoms with Crippen molar-refractivity contribution in [2.24, 2.45) is 0 Å². The van der Waals surface area contributed by atoms with E-state index in [4.69, 9.17) is 4.74 Å². The Morgan fingerprint density at radius 3 is 2.82 bits per heavy atom. The fraction of sp³-hybridized carbons (Fsp3) is 0.438. The van der Waals surface area contributed by atoms with Crippen LogP contribution in [0.5, 0.6) is 5.75 Å². The first-order valence-corrected chi connectivity index (χ1v) is 6.49. The third kappa shape index (κ3) is 2.71. The average Bonchev–Trinajstić information content (AvgIpc) is 3.19. The van der Waals surface area contributed by atoms with Crippen molar-refractivity contribution < 1.29 is 4.74 Å². The number of hydrogen-bond donors (Lipinski definition) is 0. The standard InChI is InChI=1S/C16H21O/c1-4-11-17-15-8-6-7-14(12(3)5-2)16(15)13-9-10-13/h5-8,12-13H,2-4,9-11H2,1H3. The predicted octanol–water partition coefficient (Wildman–Crippen LogP) is 4.46. The Hall–Kier alpha value is -1.24. The van der Waals surface area contributed by atoms with E-state index in [9.17, 15) is 0 Å². The number of benzene rings is 1. The molecule has 0 heterocycles. The third-order valence-electron chi connectivity index (χ3n) is 3.23. The lowest BCUT2D eigenvalue weighted by molar-refractivity contribution is 0.313. The minimum Gasteiger partial charge on any atom is -0.493 e. The fourth-order valence-corrected chi connectivity index (χ4v) is 2.16. The average molecular weight is 229 g/mol. The molecule has 1 radical (unpaired) electrons. The Kier molecular flexibility index (Phi) is 3.88. The molecule has 1 aliphatic rings. The van der Waals surface area contributed by atoms with Gasteiger partial charge in [-0.1, -0.05) is 25.1 Å². The minimum absolute atomic E-state index is 0.163. The Balaban J connectivity index is 2.34. The van der Waals surface area contributed by atoms with E-state index in [1.54, 1.807) is 0 Å². The molecule has 0 spiro atoms. The maximum atomic E-state index is 5.86. The normalized spacial score (nSPS) is 16.6. The molecule has 17 heavy (non-hydrogen) atoms. The highest BCUT2D eigenvalue weighted by molar-refractivity contribution is 5.47. The van der Waals surface area contributed by atoms with E-state index in [0.717, 1.165) is 18.8 Å². The predicted molar refractivity (Wildman–Crippen MR) is 72.5 cm³/mol. The van der Waals surface area contributed by atoms with E-state index in [1.165, 1.54) is 24.0 Å². The van der Waals surface area contributed by atoms with E-state index >= 15 is 0 Å². The van der Waals surface area contributed by atoms with Crippen molar-refractivity contribution in [3.63, 3.8) is 0 Å². The Labute approximate surface area is 104 Å². The van der Waals surface area contributed by atoms with Gasteiger partial charge in [-0.3, -0.25) is 0 Å². The number of allylic oxidation sites excluding steroid dienone is 1. The van der Waals surface area contributed by atoms with Crippen LogP contribution in [-0.4, -0.2) is 6.61 Å². The molecule has 91 valence electrons. The Morgan fingerprint density at radius 2 is 2.24 bits per heavy atom. The van der Waals surface area contributed by atoms with E-state index in [0.29, 0.717) is 5.92 Å². The first kappa shape index (κ1) is 12.2. The van der Waals surface area contributed by atoms with Crippen LogP contribution < -0.4 is 4.74 Å². The van der Waals surface area contributed by atoms with E-state index in [-0.39, 0.29) is 5.92 Å². The molecule has 0 saturated heterocycles. The second-order valence-electron chi connectivity index (χ2n) is 4.72. The summed E-state index contributed by atoms with van der Waals surface area (Å²) in [6, 6.07) is 6.31. The molecule has 1 saturated carbocycles. The minimum atomic E-state index is 0.163. The van der Waals surface area contributed by atoms with Crippen molar-refractivity contribution in [3.05, 3.63) is 48.9 Å². The molecule has 0 aliphatic heterocycles. The van der Waals surface area contributed by atoms with Crippen molar-refractivity contribution in [1.29, 1.82) is 0 Å². The van der Waals surface area contributed by atoms with Gasteiger partial charge in [0.15, 0.2) is 0 Å². The molecule has 1 fully saturated rings.